The summed E-state index contributed by atoms with van der Waals surface area (Å²) in [6, 6.07) is 7.80. The second-order valence-corrected chi connectivity index (χ2v) is 7.48. The number of nitrogens with zero attached hydrogens (tertiary/aromatic N) is 4. The fraction of sp³-hybridized carbons (Fsp3) is 0.450. The monoisotopic (exact) mass is 336 g/mol. The van der Waals surface area contributed by atoms with E-state index in [1.807, 2.05) is 29.2 Å². The van der Waals surface area contributed by atoms with E-state index in [9.17, 15) is 4.79 Å². The van der Waals surface area contributed by atoms with Crippen LogP contribution in [0.5, 0.6) is 0 Å². The lowest BCUT2D eigenvalue weighted by atomic mass is 9.92. The first-order valence-electron chi connectivity index (χ1n) is 9.06. The Kier molecular flexibility index (Phi) is 4.15. The minimum absolute atomic E-state index is 0.117. The van der Waals surface area contributed by atoms with Crippen LogP contribution in [0.1, 0.15) is 37.0 Å². The zero-order valence-electron chi connectivity index (χ0n) is 14.7. The smallest absolute Gasteiger partial charge is 0.254 e. The van der Waals surface area contributed by atoms with Gasteiger partial charge in [-0.2, -0.15) is 5.10 Å². The molecule has 4 rings (SSSR count). The normalized spacial score (nSPS) is 24.2. The van der Waals surface area contributed by atoms with Gasteiger partial charge in [-0.05, 0) is 68.7 Å². The maximum absolute atomic E-state index is 13.1. The summed E-state index contributed by atoms with van der Waals surface area (Å²) >= 11 is 0. The van der Waals surface area contributed by atoms with E-state index in [0.29, 0.717) is 11.8 Å². The molecule has 1 heterocycles. The molecule has 25 heavy (non-hydrogen) atoms. The molecule has 1 aromatic carbocycles. The van der Waals surface area contributed by atoms with Gasteiger partial charge < -0.3 is 4.90 Å². The summed E-state index contributed by atoms with van der Waals surface area (Å²) in [5.74, 6) is 2.12. The van der Waals surface area contributed by atoms with Crippen LogP contribution in [0.4, 0.5) is 0 Å². The molecule has 1 amide bonds. The minimum atomic E-state index is 0.117. The molecule has 0 spiro atoms. The first-order valence-corrected chi connectivity index (χ1v) is 9.06. The Morgan fingerprint density at radius 2 is 2.04 bits per heavy atom. The van der Waals surface area contributed by atoms with E-state index in [1.54, 1.807) is 11.0 Å². The Hall–Kier alpha value is -2.43. The van der Waals surface area contributed by atoms with Crippen molar-refractivity contribution >= 4 is 5.91 Å². The van der Waals surface area contributed by atoms with Crippen LogP contribution in [0.15, 0.2) is 49.1 Å². The van der Waals surface area contributed by atoms with Gasteiger partial charge in [0, 0.05) is 18.2 Å². The van der Waals surface area contributed by atoms with Crippen molar-refractivity contribution in [1.82, 2.24) is 19.7 Å². The highest BCUT2D eigenvalue weighted by Crippen LogP contribution is 2.43. The summed E-state index contributed by atoms with van der Waals surface area (Å²) < 4.78 is 1.69. The van der Waals surface area contributed by atoms with E-state index < -0.39 is 0 Å². The first-order chi connectivity index (χ1) is 12.1. The molecule has 0 unspecified atom stereocenters. The number of allylic oxidation sites excluding steroid dienone is 2. The van der Waals surface area contributed by atoms with E-state index in [2.05, 4.69) is 36.1 Å². The predicted octanol–water partition coefficient (Wildman–Crippen LogP) is 3.33. The molecular formula is C20H24N4O. The number of carbonyl (C=O) groups excluding carboxylic acids is 1. The minimum Gasteiger partial charge on any atom is -0.336 e. The molecule has 1 fully saturated rings. The summed E-state index contributed by atoms with van der Waals surface area (Å²) in [7, 11) is 0. The van der Waals surface area contributed by atoms with Crippen LogP contribution in [0.25, 0.3) is 5.69 Å². The number of benzene rings is 1. The van der Waals surface area contributed by atoms with Crippen molar-refractivity contribution in [2.24, 2.45) is 17.8 Å². The quantitative estimate of drug-likeness (QED) is 0.787. The Labute approximate surface area is 148 Å². The SMILES string of the molecule is CC(C)N(C[C@H]1C[C@H]2C=C[C@H]1C2)C(=O)c1ccc(-n2cncn2)cc1. The summed E-state index contributed by atoms with van der Waals surface area (Å²) in [6.45, 7) is 5.06. The number of amides is 1. The van der Waals surface area contributed by atoms with Gasteiger partial charge in [0.05, 0.1) is 5.69 Å². The molecule has 2 aromatic rings. The van der Waals surface area contributed by atoms with E-state index in [0.717, 1.165) is 23.7 Å². The Morgan fingerprint density at radius 3 is 2.60 bits per heavy atom. The van der Waals surface area contributed by atoms with Crippen molar-refractivity contribution in [3.8, 4) is 5.69 Å². The van der Waals surface area contributed by atoms with Gasteiger partial charge in [0.2, 0.25) is 0 Å². The van der Waals surface area contributed by atoms with Crippen LogP contribution in [0, 0.1) is 17.8 Å². The highest BCUT2D eigenvalue weighted by molar-refractivity contribution is 5.94. The lowest BCUT2D eigenvalue weighted by Gasteiger charge is -2.32. The average molecular weight is 336 g/mol. The molecule has 2 aliphatic rings. The van der Waals surface area contributed by atoms with Crippen molar-refractivity contribution in [1.29, 1.82) is 0 Å². The number of aromatic nitrogens is 3. The van der Waals surface area contributed by atoms with Crippen LogP contribution in [-0.2, 0) is 0 Å². The fourth-order valence-electron chi connectivity index (χ4n) is 4.15. The summed E-state index contributed by atoms with van der Waals surface area (Å²) in [6.07, 6.45) is 10.4. The van der Waals surface area contributed by atoms with Gasteiger partial charge in [-0.3, -0.25) is 4.79 Å². The van der Waals surface area contributed by atoms with E-state index in [4.69, 9.17) is 0 Å². The van der Waals surface area contributed by atoms with Crippen LogP contribution < -0.4 is 0 Å². The zero-order chi connectivity index (χ0) is 17.4. The molecular weight excluding hydrogens is 312 g/mol. The molecule has 5 nitrogen and oxygen atoms in total. The maximum Gasteiger partial charge on any atom is 0.254 e. The van der Waals surface area contributed by atoms with E-state index in [1.165, 1.54) is 19.2 Å². The van der Waals surface area contributed by atoms with Crippen LogP contribution in [0.2, 0.25) is 0 Å². The largest absolute Gasteiger partial charge is 0.336 e. The molecule has 0 aliphatic heterocycles. The second kappa shape index (κ2) is 6.47. The van der Waals surface area contributed by atoms with Crippen molar-refractivity contribution in [3.63, 3.8) is 0 Å². The predicted molar refractivity (Wildman–Crippen MR) is 96.4 cm³/mol. The first kappa shape index (κ1) is 16.1. The third kappa shape index (κ3) is 3.11. The third-order valence-electron chi connectivity index (χ3n) is 5.53. The maximum atomic E-state index is 13.1. The van der Waals surface area contributed by atoms with Gasteiger partial charge in [-0.15, -0.1) is 0 Å². The van der Waals surface area contributed by atoms with E-state index in [-0.39, 0.29) is 11.9 Å². The molecule has 3 atom stereocenters. The zero-order valence-corrected chi connectivity index (χ0v) is 14.7. The number of hydrogen-bond acceptors (Lipinski definition) is 3. The Morgan fingerprint density at radius 1 is 1.24 bits per heavy atom. The molecule has 2 bridgehead atoms. The van der Waals surface area contributed by atoms with Crippen molar-refractivity contribution in [3.05, 3.63) is 54.6 Å². The van der Waals surface area contributed by atoms with Crippen LogP contribution in [0.3, 0.4) is 0 Å². The molecule has 0 saturated heterocycles. The van der Waals surface area contributed by atoms with Gasteiger partial charge in [0.15, 0.2) is 0 Å². The van der Waals surface area contributed by atoms with Gasteiger partial charge in [-0.1, -0.05) is 12.2 Å². The molecule has 0 N–H and O–H groups in total. The number of rotatable bonds is 5. The highest BCUT2D eigenvalue weighted by Gasteiger charge is 2.37. The summed E-state index contributed by atoms with van der Waals surface area (Å²) in [5.41, 5.74) is 1.64. The lowest BCUT2D eigenvalue weighted by Crippen LogP contribution is -2.41. The van der Waals surface area contributed by atoms with Crippen molar-refractivity contribution in [2.75, 3.05) is 6.54 Å². The fourth-order valence-corrected chi connectivity index (χ4v) is 4.15. The van der Waals surface area contributed by atoms with Gasteiger partial charge in [-0.25, -0.2) is 9.67 Å². The van der Waals surface area contributed by atoms with Gasteiger partial charge in [0.1, 0.15) is 12.7 Å². The lowest BCUT2D eigenvalue weighted by molar-refractivity contribution is 0.0661. The summed E-state index contributed by atoms with van der Waals surface area (Å²) in [4.78, 5) is 19.0. The third-order valence-corrected chi connectivity index (χ3v) is 5.53. The standard InChI is InChI=1S/C20H24N4O/c1-14(2)23(11-18-10-15-3-4-17(18)9-15)20(25)16-5-7-19(8-6-16)24-13-21-12-22-24/h3-8,12-15,17-18H,9-11H2,1-2H3/t15-,17-,18+/m0/s1. The molecule has 1 saturated carbocycles. The van der Waals surface area contributed by atoms with Crippen molar-refractivity contribution in [2.45, 2.75) is 32.7 Å². The number of fused-ring (bicyclic) bond motifs is 2. The van der Waals surface area contributed by atoms with Gasteiger partial charge in [0.25, 0.3) is 5.91 Å². The molecule has 2 aliphatic carbocycles. The molecule has 5 heteroatoms. The van der Waals surface area contributed by atoms with Crippen LogP contribution in [-0.4, -0.2) is 38.2 Å². The topological polar surface area (TPSA) is 51.0 Å². The molecule has 130 valence electrons. The Balaban J connectivity index is 1.49. The second-order valence-electron chi connectivity index (χ2n) is 7.48. The number of hydrogen-bond donors (Lipinski definition) is 0. The summed E-state index contributed by atoms with van der Waals surface area (Å²) in [5, 5.41) is 4.12. The highest BCUT2D eigenvalue weighted by atomic mass is 16.2. The van der Waals surface area contributed by atoms with Crippen LogP contribution >= 0.6 is 0 Å². The average Bonchev–Trinajstić information content (AvgIpc) is 3.36. The van der Waals surface area contributed by atoms with Crippen molar-refractivity contribution < 1.29 is 4.79 Å². The molecule has 0 radical (unpaired) electrons. The van der Waals surface area contributed by atoms with E-state index >= 15 is 0 Å². The van der Waals surface area contributed by atoms with Gasteiger partial charge >= 0.3 is 0 Å². The molecule has 1 aromatic heterocycles. The Bertz CT molecular complexity index is 764. The number of carbonyl (C=O) groups is 1.